The fraction of sp³-hybridized carbons (Fsp3) is 0. The van der Waals surface area contributed by atoms with E-state index in [1.807, 2.05) is 0 Å². The molecule has 0 spiro atoms. The van der Waals surface area contributed by atoms with Crippen molar-refractivity contribution in [2.75, 3.05) is 0 Å². The molecule has 17 heavy (non-hydrogen) atoms. The molecular formula is C11H8N4O2. The van der Waals surface area contributed by atoms with E-state index in [2.05, 4.69) is 19.9 Å². The summed E-state index contributed by atoms with van der Waals surface area (Å²) < 4.78 is 0. The molecule has 0 aliphatic heterocycles. The average Bonchev–Trinajstić information content (AvgIpc) is 2.71. The third-order valence-corrected chi connectivity index (χ3v) is 2.34. The summed E-state index contributed by atoms with van der Waals surface area (Å²) in [6, 6.07) is 4.27. The van der Waals surface area contributed by atoms with Crippen LogP contribution in [0.3, 0.4) is 0 Å². The first-order valence-electron chi connectivity index (χ1n) is 4.91. The highest BCUT2D eigenvalue weighted by atomic mass is 16.3. The summed E-state index contributed by atoms with van der Waals surface area (Å²) in [5.74, 6) is 0.477. The molecule has 6 heteroatoms. The first kappa shape index (κ1) is 9.59. The summed E-state index contributed by atoms with van der Waals surface area (Å²) in [6.45, 7) is 0. The van der Waals surface area contributed by atoms with Gasteiger partial charge in [0, 0.05) is 11.6 Å². The molecule has 84 valence electrons. The van der Waals surface area contributed by atoms with Crippen molar-refractivity contribution in [3.8, 4) is 22.9 Å². The molecule has 3 N–H and O–H groups in total. The van der Waals surface area contributed by atoms with Crippen molar-refractivity contribution in [2.45, 2.75) is 0 Å². The Balaban J connectivity index is 2.20. The molecular weight excluding hydrogens is 220 g/mol. The van der Waals surface area contributed by atoms with Gasteiger partial charge in [-0.05, 0) is 12.1 Å². The lowest BCUT2D eigenvalue weighted by molar-refractivity contribution is 0.451. The summed E-state index contributed by atoms with van der Waals surface area (Å²) in [4.78, 5) is 15.1. The van der Waals surface area contributed by atoms with E-state index < -0.39 is 0 Å². The van der Waals surface area contributed by atoms with Crippen molar-refractivity contribution in [1.82, 2.24) is 19.9 Å². The molecule has 0 aliphatic rings. The number of rotatable bonds is 1. The van der Waals surface area contributed by atoms with Crippen LogP contribution in [0.2, 0.25) is 0 Å². The van der Waals surface area contributed by atoms with Crippen LogP contribution in [0.5, 0.6) is 11.5 Å². The summed E-state index contributed by atoms with van der Waals surface area (Å²) in [5.41, 5.74) is 1.82. The predicted molar refractivity (Wildman–Crippen MR) is 60.4 cm³/mol. The maximum absolute atomic E-state index is 9.40. The quantitative estimate of drug-likeness (QED) is 0.585. The van der Waals surface area contributed by atoms with Gasteiger partial charge in [0.05, 0.1) is 6.20 Å². The Hall–Kier alpha value is -2.63. The highest BCUT2D eigenvalue weighted by Gasteiger charge is 2.08. The van der Waals surface area contributed by atoms with Crippen LogP contribution in [0.15, 0.2) is 30.7 Å². The highest BCUT2D eigenvalue weighted by molar-refractivity contribution is 5.75. The van der Waals surface area contributed by atoms with Gasteiger partial charge >= 0.3 is 0 Å². The van der Waals surface area contributed by atoms with Crippen LogP contribution in [0, 0.1) is 0 Å². The number of fused-ring (bicyclic) bond motifs is 1. The van der Waals surface area contributed by atoms with Crippen molar-refractivity contribution in [3.63, 3.8) is 0 Å². The van der Waals surface area contributed by atoms with Crippen LogP contribution in [0.4, 0.5) is 0 Å². The third-order valence-electron chi connectivity index (χ3n) is 2.34. The Labute approximate surface area is 95.6 Å². The maximum atomic E-state index is 9.40. The molecule has 3 rings (SSSR count). The molecule has 0 saturated heterocycles. The van der Waals surface area contributed by atoms with Gasteiger partial charge in [-0.3, -0.25) is 0 Å². The summed E-state index contributed by atoms with van der Waals surface area (Å²) in [5, 5.41) is 18.8. The highest BCUT2D eigenvalue weighted by Crippen LogP contribution is 2.27. The Morgan fingerprint density at radius 3 is 2.53 bits per heavy atom. The Bertz CT molecular complexity index is 640. The zero-order chi connectivity index (χ0) is 11.8. The number of hydrogen-bond acceptors (Lipinski definition) is 5. The standard InChI is InChI=1S/C11H8N4O2/c16-7-1-6(2-8(17)3-7)10-14-9-4-12-5-13-11(9)15-10/h1-5,16-17H,(H,12,13,14,15). The molecule has 1 aromatic carbocycles. The van der Waals surface area contributed by atoms with Crippen LogP contribution in [-0.2, 0) is 0 Å². The first-order valence-corrected chi connectivity index (χ1v) is 4.91. The second kappa shape index (κ2) is 3.44. The Kier molecular flexibility index (Phi) is 1.94. The van der Waals surface area contributed by atoms with Crippen LogP contribution in [0.25, 0.3) is 22.6 Å². The number of nitrogens with zero attached hydrogens (tertiary/aromatic N) is 3. The molecule has 0 unspecified atom stereocenters. The van der Waals surface area contributed by atoms with Crippen molar-refractivity contribution in [1.29, 1.82) is 0 Å². The molecule has 0 fully saturated rings. The van der Waals surface area contributed by atoms with E-state index in [9.17, 15) is 10.2 Å². The summed E-state index contributed by atoms with van der Waals surface area (Å²) in [6.07, 6.45) is 3.02. The number of benzene rings is 1. The average molecular weight is 228 g/mol. The molecule has 0 amide bonds. The van der Waals surface area contributed by atoms with E-state index in [-0.39, 0.29) is 11.5 Å². The molecule has 0 atom stereocenters. The first-order chi connectivity index (χ1) is 8.22. The number of aromatic nitrogens is 4. The van der Waals surface area contributed by atoms with Crippen molar-refractivity contribution >= 4 is 11.2 Å². The molecule has 0 saturated carbocycles. The second-order valence-electron chi connectivity index (χ2n) is 3.58. The van der Waals surface area contributed by atoms with Gasteiger partial charge < -0.3 is 15.2 Å². The number of phenols is 2. The number of aromatic amines is 1. The second-order valence-corrected chi connectivity index (χ2v) is 3.58. The number of aromatic hydroxyl groups is 2. The number of phenolic OH excluding ortho intramolecular Hbond substituents is 2. The van der Waals surface area contributed by atoms with E-state index in [0.29, 0.717) is 22.6 Å². The summed E-state index contributed by atoms with van der Waals surface area (Å²) in [7, 11) is 0. The minimum atomic E-state index is -0.0217. The van der Waals surface area contributed by atoms with Crippen LogP contribution in [-0.4, -0.2) is 30.1 Å². The number of nitrogens with one attached hydrogen (secondary N) is 1. The van der Waals surface area contributed by atoms with Crippen molar-refractivity contribution in [3.05, 3.63) is 30.7 Å². The summed E-state index contributed by atoms with van der Waals surface area (Å²) >= 11 is 0. The van der Waals surface area contributed by atoms with Crippen LogP contribution >= 0.6 is 0 Å². The molecule has 0 bridgehead atoms. The van der Waals surface area contributed by atoms with Gasteiger partial charge in [0.25, 0.3) is 0 Å². The SMILES string of the molecule is Oc1cc(O)cc(-c2nc3ncncc3[nH]2)c1. The third kappa shape index (κ3) is 1.65. The fourth-order valence-electron chi connectivity index (χ4n) is 1.63. The topological polar surface area (TPSA) is 94.9 Å². The number of imidazole rings is 1. The minimum absolute atomic E-state index is 0.0217. The normalized spacial score (nSPS) is 10.8. The van der Waals surface area contributed by atoms with Gasteiger partial charge in [0.1, 0.15) is 29.2 Å². The van der Waals surface area contributed by atoms with E-state index >= 15 is 0 Å². The van der Waals surface area contributed by atoms with Gasteiger partial charge in [-0.25, -0.2) is 15.0 Å². The van der Waals surface area contributed by atoms with E-state index in [0.717, 1.165) is 0 Å². The predicted octanol–water partition coefficient (Wildman–Crippen LogP) is 1.43. The molecule has 2 heterocycles. The maximum Gasteiger partial charge on any atom is 0.181 e. The lowest BCUT2D eigenvalue weighted by atomic mass is 10.2. The van der Waals surface area contributed by atoms with E-state index in [1.165, 1.54) is 24.5 Å². The zero-order valence-electron chi connectivity index (χ0n) is 8.62. The van der Waals surface area contributed by atoms with Gasteiger partial charge in [-0.15, -0.1) is 0 Å². The fourth-order valence-corrected chi connectivity index (χ4v) is 1.63. The smallest absolute Gasteiger partial charge is 0.181 e. The van der Waals surface area contributed by atoms with Gasteiger partial charge in [0.2, 0.25) is 0 Å². The number of hydrogen-bond donors (Lipinski definition) is 3. The zero-order valence-corrected chi connectivity index (χ0v) is 8.62. The van der Waals surface area contributed by atoms with E-state index in [4.69, 9.17) is 0 Å². The Morgan fingerprint density at radius 1 is 1.06 bits per heavy atom. The Morgan fingerprint density at radius 2 is 1.82 bits per heavy atom. The molecule has 6 nitrogen and oxygen atoms in total. The van der Waals surface area contributed by atoms with Crippen molar-refractivity contribution in [2.24, 2.45) is 0 Å². The number of H-pyrrole nitrogens is 1. The molecule has 0 radical (unpaired) electrons. The van der Waals surface area contributed by atoms with Gasteiger partial charge in [-0.1, -0.05) is 0 Å². The van der Waals surface area contributed by atoms with E-state index in [1.54, 1.807) is 6.20 Å². The largest absolute Gasteiger partial charge is 0.508 e. The molecule has 3 aromatic rings. The van der Waals surface area contributed by atoms with Crippen LogP contribution < -0.4 is 0 Å². The van der Waals surface area contributed by atoms with Crippen LogP contribution in [0.1, 0.15) is 0 Å². The van der Waals surface area contributed by atoms with Gasteiger partial charge in [-0.2, -0.15) is 0 Å². The van der Waals surface area contributed by atoms with Crippen molar-refractivity contribution < 1.29 is 10.2 Å². The molecule has 0 aliphatic carbocycles. The molecule has 2 aromatic heterocycles. The lowest BCUT2D eigenvalue weighted by Gasteiger charge is -1.99. The monoisotopic (exact) mass is 228 g/mol. The lowest BCUT2D eigenvalue weighted by Crippen LogP contribution is -1.80. The minimum Gasteiger partial charge on any atom is -0.508 e. The van der Waals surface area contributed by atoms with Gasteiger partial charge in [0.15, 0.2) is 5.65 Å².